The molecule has 0 aliphatic rings. The van der Waals surface area contributed by atoms with Gasteiger partial charge in [0.2, 0.25) is 0 Å². The number of phosphoric acid groups is 1. The first-order chi connectivity index (χ1) is 7.53. The van der Waals surface area contributed by atoms with E-state index in [1.165, 1.54) is 0 Å². The molecule has 0 aromatic heterocycles. The first-order valence-electron chi connectivity index (χ1n) is 5.23. The summed E-state index contributed by atoms with van der Waals surface area (Å²) in [5, 5.41) is 0. The van der Waals surface area contributed by atoms with E-state index in [2.05, 4.69) is 0 Å². The minimum absolute atomic E-state index is 0.0745. The Kier molecular flexibility index (Phi) is 5.16. The molecule has 1 aromatic carbocycles. The Morgan fingerprint density at radius 3 is 2.56 bits per heavy atom. The monoisotopic (exact) mass is 244 g/mol. The molecule has 0 radical (unpaired) electrons. The predicted molar refractivity (Wildman–Crippen MR) is 61.9 cm³/mol. The molecule has 90 valence electrons. The second kappa shape index (κ2) is 6.16. The van der Waals surface area contributed by atoms with E-state index < -0.39 is 7.82 Å². The summed E-state index contributed by atoms with van der Waals surface area (Å²) in [6.45, 7) is 3.68. The maximum Gasteiger partial charge on any atom is 0.472 e. The largest absolute Gasteiger partial charge is 0.472 e. The van der Waals surface area contributed by atoms with Crippen LogP contribution < -0.4 is 0 Å². The van der Waals surface area contributed by atoms with Crippen molar-refractivity contribution in [3.8, 4) is 0 Å². The fraction of sp³-hybridized carbons (Fsp3) is 0.455. The van der Waals surface area contributed by atoms with Crippen LogP contribution in [-0.4, -0.2) is 11.0 Å². The molecule has 1 aromatic rings. The lowest BCUT2D eigenvalue weighted by atomic mass is 10.2. The van der Waals surface area contributed by atoms with Gasteiger partial charge in [0.15, 0.2) is 0 Å². The molecule has 0 fully saturated rings. The smallest absolute Gasteiger partial charge is 0.302 e. The van der Waals surface area contributed by atoms with Crippen molar-refractivity contribution in [2.24, 2.45) is 0 Å². The minimum Gasteiger partial charge on any atom is -0.302 e. The van der Waals surface area contributed by atoms with Crippen molar-refractivity contribution >= 4 is 7.82 Å². The standard InChI is InChI=1S/C11H17O4P/c1-3-10(2)15-16(12,13)14-9-11-7-5-4-6-8-11/h4-8,10H,3,9H2,1-2H3,(H,12,13). The summed E-state index contributed by atoms with van der Waals surface area (Å²) in [5.41, 5.74) is 0.838. The van der Waals surface area contributed by atoms with Gasteiger partial charge in [-0.05, 0) is 18.9 Å². The molecule has 16 heavy (non-hydrogen) atoms. The highest BCUT2D eigenvalue weighted by Crippen LogP contribution is 2.45. The molecule has 0 heterocycles. The van der Waals surface area contributed by atoms with Crippen LogP contribution in [0.3, 0.4) is 0 Å². The number of hydrogen-bond acceptors (Lipinski definition) is 3. The lowest BCUT2D eigenvalue weighted by Gasteiger charge is -2.16. The molecule has 0 amide bonds. The normalized spacial score (nSPS) is 16.7. The zero-order valence-corrected chi connectivity index (χ0v) is 10.4. The number of hydrogen-bond donors (Lipinski definition) is 1. The summed E-state index contributed by atoms with van der Waals surface area (Å²) in [7, 11) is -3.93. The van der Waals surface area contributed by atoms with Gasteiger partial charge in [-0.15, -0.1) is 0 Å². The van der Waals surface area contributed by atoms with E-state index >= 15 is 0 Å². The summed E-state index contributed by atoms with van der Waals surface area (Å²) < 4.78 is 21.2. The van der Waals surface area contributed by atoms with E-state index in [0.29, 0.717) is 6.42 Å². The van der Waals surface area contributed by atoms with Crippen molar-refractivity contribution in [1.82, 2.24) is 0 Å². The first-order valence-corrected chi connectivity index (χ1v) is 6.72. The van der Waals surface area contributed by atoms with Crippen LogP contribution in [0.25, 0.3) is 0 Å². The highest BCUT2D eigenvalue weighted by Gasteiger charge is 2.23. The molecule has 0 saturated heterocycles. The summed E-state index contributed by atoms with van der Waals surface area (Å²) in [5.74, 6) is 0. The van der Waals surface area contributed by atoms with Gasteiger partial charge in [0.05, 0.1) is 12.7 Å². The summed E-state index contributed by atoms with van der Waals surface area (Å²) >= 11 is 0. The van der Waals surface area contributed by atoms with Crippen molar-refractivity contribution in [2.45, 2.75) is 33.0 Å². The quantitative estimate of drug-likeness (QED) is 0.781. The molecule has 5 heteroatoms. The maximum atomic E-state index is 11.5. The molecule has 2 atom stereocenters. The van der Waals surface area contributed by atoms with Crippen LogP contribution in [0.5, 0.6) is 0 Å². The molecular formula is C11H17O4P. The Hall–Kier alpha value is -0.670. The molecule has 2 unspecified atom stereocenters. The van der Waals surface area contributed by atoms with Gasteiger partial charge in [-0.1, -0.05) is 37.3 Å². The van der Waals surface area contributed by atoms with E-state index in [0.717, 1.165) is 5.56 Å². The molecular weight excluding hydrogens is 227 g/mol. The zero-order chi connectivity index (χ0) is 12.0. The third kappa shape index (κ3) is 4.90. The fourth-order valence-electron chi connectivity index (χ4n) is 1.06. The molecule has 4 nitrogen and oxygen atoms in total. The molecule has 0 saturated carbocycles. The zero-order valence-electron chi connectivity index (χ0n) is 9.50. The Labute approximate surface area is 95.8 Å². The highest BCUT2D eigenvalue weighted by molar-refractivity contribution is 7.47. The van der Waals surface area contributed by atoms with Crippen LogP contribution in [0.4, 0.5) is 0 Å². The Morgan fingerprint density at radius 1 is 1.38 bits per heavy atom. The van der Waals surface area contributed by atoms with E-state index in [-0.39, 0.29) is 12.7 Å². The summed E-state index contributed by atoms with van der Waals surface area (Å²) in [4.78, 5) is 9.39. The fourth-order valence-corrected chi connectivity index (χ4v) is 2.04. The summed E-state index contributed by atoms with van der Waals surface area (Å²) in [6.07, 6.45) is 0.380. The summed E-state index contributed by atoms with van der Waals surface area (Å²) in [6, 6.07) is 9.21. The van der Waals surface area contributed by atoms with Gasteiger partial charge >= 0.3 is 7.82 Å². The van der Waals surface area contributed by atoms with Crippen molar-refractivity contribution in [2.75, 3.05) is 0 Å². The topological polar surface area (TPSA) is 55.8 Å². The van der Waals surface area contributed by atoms with E-state index in [1.807, 2.05) is 37.3 Å². The maximum absolute atomic E-state index is 11.5. The SMILES string of the molecule is CCC(C)OP(=O)(O)OCc1ccccc1. The van der Waals surface area contributed by atoms with Gasteiger partial charge in [-0.25, -0.2) is 4.57 Å². The van der Waals surface area contributed by atoms with Crippen LogP contribution >= 0.6 is 7.82 Å². The van der Waals surface area contributed by atoms with Gasteiger partial charge < -0.3 is 4.89 Å². The van der Waals surface area contributed by atoms with Crippen LogP contribution in [-0.2, 0) is 20.2 Å². The molecule has 1 rings (SSSR count). The van der Waals surface area contributed by atoms with Crippen molar-refractivity contribution < 1.29 is 18.5 Å². The second-order valence-corrected chi connectivity index (χ2v) is 4.96. The van der Waals surface area contributed by atoms with Crippen LogP contribution in [0.1, 0.15) is 25.8 Å². The first kappa shape index (κ1) is 13.4. The Bertz CT molecular complexity index is 352. The third-order valence-electron chi connectivity index (χ3n) is 2.13. The predicted octanol–water partition coefficient (Wildman–Crippen LogP) is 3.12. The number of rotatable bonds is 6. The molecule has 0 aliphatic carbocycles. The third-order valence-corrected chi connectivity index (χ3v) is 3.21. The van der Waals surface area contributed by atoms with E-state index in [4.69, 9.17) is 9.05 Å². The lowest BCUT2D eigenvalue weighted by Crippen LogP contribution is -2.06. The van der Waals surface area contributed by atoms with Crippen LogP contribution in [0.15, 0.2) is 30.3 Å². The molecule has 0 aliphatic heterocycles. The number of benzene rings is 1. The number of phosphoric ester groups is 1. The molecule has 1 N–H and O–H groups in total. The Morgan fingerprint density at radius 2 is 2.00 bits per heavy atom. The minimum atomic E-state index is -3.93. The van der Waals surface area contributed by atoms with Crippen molar-refractivity contribution in [1.29, 1.82) is 0 Å². The van der Waals surface area contributed by atoms with Crippen LogP contribution in [0.2, 0.25) is 0 Å². The van der Waals surface area contributed by atoms with Crippen LogP contribution in [0, 0.1) is 0 Å². The van der Waals surface area contributed by atoms with E-state index in [1.54, 1.807) is 6.92 Å². The average Bonchev–Trinajstić information content (AvgIpc) is 2.27. The van der Waals surface area contributed by atoms with Crippen molar-refractivity contribution in [3.63, 3.8) is 0 Å². The Balaban J connectivity index is 2.45. The van der Waals surface area contributed by atoms with Gasteiger partial charge in [-0.2, -0.15) is 0 Å². The van der Waals surface area contributed by atoms with Crippen molar-refractivity contribution in [3.05, 3.63) is 35.9 Å². The van der Waals surface area contributed by atoms with Gasteiger partial charge in [0, 0.05) is 0 Å². The van der Waals surface area contributed by atoms with Gasteiger partial charge in [0.1, 0.15) is 0 Å². The highest BCUT2D eigenvalue weighted by atomic mass is 31.2. The van der Waals surface area contributed by atoms with Gasteiger partial charge in [0.25, 0.3) is 0 Å². The van der Waals surface area contributed by atoms with E-state index in [9.17, 15) is 9.46 Å². The average molecular weight is 244 g/mol. The molecule has 0 bridgehead atoms. The second-order valence-electron chi connectivity index (χ2n) is 3.55. The van der Waals surface area contributed by atoms with Gasteiger partial charge in [-0.3, -0.25) is 9.05 Å². The lowest BCUT2D eigenvalue weighted by molar-refractivity contribution is 0.106. The molecule has 0 spiro atoms.